The Hall–Kier alpha value is -1.18. The highest BCUT2D eigenvalue weighted by molar-refractivity contribution is 7.99. The Balaban J connectivity index is 2.58. The zero-order valence-electron chi connectivity index (χ0n) is 9.70. The molecule has 0 atom stereocenters. The fourth-order valence-corrected chi connectivity index (χ4v) is 2.16. The number of carboxylic acids is 1. The zero-order chi connectivity index (χ0) is 13.8. The largest absolute Gasteiger partial charge is 0.481 e. The average Bonchev–Trinajstić information content (AvgIpc) is 2.56. The van der Waals surface area contributed by atoms with Crippen LogP contribution in [-0.2, 0) is 11.3 Å². The second-order valence-corrected chi connectivity index (χ2v) is 4.68. The van der Waals surface area contributed by atoms with Gasteiger partial charge in [-0.15, -0.1) is 0 Å². The molecule has 0 unspecified atom stereocenters. The molecule has 0 radical (unpaired) electrons. The average molecular weight is 282 g/mol. The normalized spacial score (nSPS) is 11.8. The second kappa shape index (κ2) is 6.12. The van der Waals surface area contributed by atoms with E-state index in [1.54, 1.807) is 11.5 Å². The number of hydrogen-bond donors (Lipinski definition) is 1. The van der Waals surface area contributed by atoms with Gasteiger partial charge in [-0.3, -0.25) is 4.79 Å². The van der Waals surface area contributed by atoms with E-state index in [0.717, 1.165) is 17.5 Å². The van der Waals surface area contributed by atoms with Crippen LogP contribution in [0.15, 0.2) is 11.4 Å². The lowest BCUT2D eigenvalue weighted by Crippen LogP contribution is -2.10. The van der Waals surface area contributed by atoms with Gasteiger partial charge in [0.2, 0.25) is 0 Å². The number of alkyl halides is 3. The highest BCUT2D eigenvalue weighted by atomic mass is 32.2. The predicted molar refractivity (Wildman–Crippen MR) is 60.6 cm³/mol. The van der Waals surface area contributed by atoms with Crippen molar-refractivity contribution < 1.29 is 23.1 Å². The molecule has 0 spiro atoms. The third-order valence-electron chi connectivity index (χ3n) is 2.19. The molecule has 0 fully saturated rings. The number of imidazole rings is 1. The highest BCUT2D eigenvalue weighted by Crippen LogP contribution is 2.24. The molecular formula is C10H13F3N2O2S. The van der Waals surface area contributed by atoms with Crippen molar-refractivity contribution in [1.82, 2.24) is 9.55 Å². The number of nitrogens with zero attached hydrogens (tertiary/aromatic N) is 2. The van der Waals surface area contributed by atoms with E-state index in [4.69, 9.17) is 5.11 Å². The van der Waals surface area contributed by atoms with Gasteiger partial charge in [0.15, 0.2) is 5.16 Å². The summed E-state index contributed by atoms with van der Waals surface area (Å²) in [5.41, 5.74) is 0.727. The van der Waals surface area contributed by atoms with E-state index >= 15 is 0 Å². The molecule has 1 aromatic rings. The van der Waals surface area contributed by atoms with Crippen LogP contribution in [0.4, 0.5) is 13.2 Å². The molecule has 1 aromatic heterocycles. The summed E-state index contributed by atoms with van der Waals surface area (Å²) in [6.07, 6.45) is -3.53. The van der Waals surface area contributed by atoms with Crippen LogP contribution >= 0.6 is 11.8 Å². The van der Waals surface area contributed by atoms with E-state index in [1.165, 1.54) is 6.20 Å². The Labute approximate surface area is 106 Å². The second-order valence-electron chi connectivity index (χ2n) is 3.73. The molecule has 0 saturated heterocycles. The number of carboxylic acid groups (broad SMARTS) is 1. The Bertz CT molecular complexity index is 418. The lowest BCUT2D eigenvalue weighted by molar-refractivity contribution is -0.136. The van der Waals surface area contributed by atoms with Gasteiger partial charge in [-0.05, 0) is 13.3 Å². The van der Waals surface area contributed by atoms with Crippen LogP contribution < -0.4 is 0 Å². The third kappa shape index (κ3) is 4.99. The Morgan fingerprint density at radius 1 is 1.56 bits per heavy atom. The van der Waals surface area contributed by atoms with Crippen molar-refractivity contribution in [3.05, 3.63) is 11.9 Å². The smallest absolute Gasteiger partial charge is 0.389 e. The highest BCUT2D eigenvalue weighted by Gasteiger charge is 2.26. The van der Waals surface area contributed by atoms with Gasteiger partial charge in [0.05, 0.1) is 5.75 Å². The molecule has 0 aliphatic heterocycles. The Morgan fingerprint density at radius 3 is 2.78 bits per heavy atom. The molecule has 0 aliphatic rings. The third-order valence-corrected chi connectivity index (χ3v) is 3.16. The van der Waals surface area contributed by atoms with Gasteiger partial charge >= 0.3 is 12.1 Å². The summed E-state index contributed by atoms with van der Waals surface area (Å²) in [6, 6.07) is 0. The van der Waals surface area contributed by atoms with Gasteiger partial charge in [-0.2, -0.15) is 13.2 Å². The number of rotatable bonds is 6. The molecule has 4 nitrogen and oxygen atoms in total. The predicted octanol–water partition coefficient (Wildman–Crippen LogP) is 2.71. The van der Waals surface area contributed by atoms with E-state index in [-0.39, 0.29) is 18.7 Å². The maximum Gasteiger partial charge on any atom is 0.389 e. The molecule has 0 bridgehead atoms. The van der Waals surface area contributed by atoms with E-state index < -0.39 is 18.6 Å². The van der Waals surface area contributed by atoms with E-state index in [9.17, 15) is 18.0 Å². The number of aryl methyl sites for hydroxylation is 1. The van der Waals surface area contributed by atoms with Crippen LogP contribution in [-0.4, -0.2) is 32.6 Å². The summed E-state index contributed by atoms with van der Waals surface area (Å²) >= 11 is 1.00. The van der Waals surface area contributed by atoms with Gasteiger partial charge in [-0.1, -0.05) is 11.8 Å². The summed E-state index contributed by atoms with van der Waals surface area (Å²) in [7, 11) is 0. The van der Waals surface area contributed by atoms with Gasteiger partial charge in [0, 0.05) is 24.9 Å². The van der Waals surface area contributed by atoms with Gasteiger partial charge in [0.25, 0.3) is 0 Å². The van der Waals surface area contributed by atoms with Crippen molar-refractivity contribution in [2.75, 3.05) is 5.75 Å². The lowest BCUT2D eigenvalue weighted by Gasteiger charge is -2.10. The molecule has 1 heterocycles. The number of hydrogen-bond acceptors (Lipinski definition) is 3. The molecule has 0 aliphatic carbocycles. The molecule has 8 heteroatoms. The zero-order valence-corrected chi connectivity index (χ0v) is 10.5. The van der Waals surface area contributed by atoms with E-state index in [0.29, 0.717) is 5.16 Å². The van der Waals surface area contributed by atoms with Crippen LogP contribution in [0.3, 0.4) is 0 Å². The summed E-state index contributed by atoms with van der Waals surface area (Å²) in [5.74, 6) is -1.14. The van der Waals surface area contributed by atoms with Crippen molar-refractivity contribution in [3.8, 4) is 0 Å². The standard InChI is InChI=1S/C10H13F3N2O2S/c1-7-5-14-9(18-6-8(16)17)15(7)4-2-3-10(11,12)13/h5H,2-4,6H2,1H3,(H,16,17). The fourth-order valence-electron chi connectivity index (χ4n) is 1.39. The molecular weight excluding hydrogens is 269 g/mol. The summed E-state index contributed by atoms with van der Waals surface area (Å²) in [4.78, 5) is 14.4. The first kappa shape index (κ1) is 14.9. The molecule has 18 heavy (non-hydrogen) atoms. The maximum atomic E-state index is 12.0. The summed E-state index contributed by atoms with van der Waals surface area (Å²) in [6.45, 7) is 1.92. The van der Waals surface area contributed by atoms with Crippen LogP contribution in [0.2, 0.25) is 0 Å². The lowest BCUT2D eigenvalue weighted by atomic mass is 10.3. The molecule has 1 rings (SSSR count). The van der Waals surface area contributed by atoms with Gasteiger partial charge in [-0.25, -0.2) is 4.98 Å². The van der Waals surface area contributed by atoms with E-state index in [2.05, 4.69) is 4.98 Å². The Morgan fingerprint density at radius 2 is 2.22 bits per heavy atom. The van der Waals surface area contributed by atoms with Gasteiger partial charge in [0.1, 0.15) is 0 Å². The Kier molecular flexibility index (Phi) is 5.06. The topological polar surface area (TPSA) is 55.1 Å². The van der Waals surface area contributed by atoms with Crippen LogP contribution in [0, 0.1) is 6.92 Å². The first-order valence-corrected chi connectivity index (χ1v) is 6.21. The van der Waals surface area contributed by atoms with Gasteiger partial charge < -0.3 is 9.67 Å². The molecule has 0 saturated carbocycles. The summed E-state index contributed by atoms with van der Waals surface area (Å²) < 4.78 is 37.7. The first-order valence-electron chi connectivity index (χ1n) is 5.23. The van der Waals surface area contributed by atoms with Crippen molar-refractivity contribution in [2.45, 2.75) is 37.6 Å². The monoisotopic (exact) mass is 282 g/mol. The number of thioether (sulfide) groups is 1. The fraction of sp³-hybridized carbons (Fsp3) is 0.600. The number of halogens is 3. The SMILES string of the molecule is Cc1cnc(SCC(=O)O)n1CCCC(F)(F)F. The molecule has 0 amide bonds. The molecule has 102 valence electrons. The van der Waals surface area contributed by atoms with Crippen molar-refractivity contribution in [1.29, 1.82) is 0 Å². The minimum Gasteiger partial charge on any atom is -0.481 e. The quantitative estimate of drug-likeness (QED) is 0.815. The molecule has 0 aromatic carbocycles. The van der Waals surface area contributed by atoms with Crippen molar-refractivity contribution in [2.24, 2.45) is 0 Å². The molecule has 1 N–H and O–H groups in total. The number of carbonyl (C=O) groups is 1. The van der Waals surface area contributed by atoms with E-state index in [1.807, 2.05) is 0 Å². The van der Waals surface area contributed by atoms with Crippen molar-refractivity contribution in [3.63, 3.8) is 0 Å². The number of aliphatic carboxylic acids is 1. The first-order chi connectivity index (χ1) is 8.29. The minimum atomic E-state index is -4.16. The maximum absolute atomic E-state index is 12.0. The van der Waals surface area contributed by atoms with Crippen LogP contribution in [0.5, 0.6) is 0 Å². The van der Waals surface area contributed by atoms with Crippen LogP contribution in [0.1, 0.15) is 18.5 Å². The van der Waals surface area contributed by atoms with Crippen LogP contribution in [0.25, 0.3) is 0 Å². The number of aromatic nitrogens is 2. The minimum absolute atomic E-state index is 0.0403. The van der Waals surface area contributed by atoms with Crippen molar-refractivity contribution >= 4 is 17.7 Å². The summed E-state index contributed by atoms with van der Waals surface area (Å²) in [5, 5.41) is 8.99.